The summed E-state index contributed by atoms with van der Waals surface area (Å²) >= 11 is 0. The van der Waals surface area contributed by atoms with E-state index in [1.165, 1.54) is 12.8 Å². The van der Waals surface area contributed by atoms with Crippen LogP contribution in [0.3, 0.4) is 0 Å². The third-order valence-corrected chi connectivity index (χ3v) is 2.03. The van der Waals surface area contributed by atoms with Gasteiger partial charge in [-0.15, -0.1) is 0 Å². The van der Waals surface area contributed by atoms with E-state index >= 15 is 0 Å². The first-order valence-electron chi connectivity index (χ1n) is 4.51. The maximum Gasteiger partial charge on any atom is 0.119 e. The van der Waals surface area contributed by atoms with Gasteiger partial charge in [-0.3, -0.25) is 0 Å². The second-order valence-electron chi connectivity index (χ2n) is 3.30. The van der Waals surface area contributed by atoms with Crippen molar-refractivity contribution in [2.75, 3.05) is 0 Å². The number of hydroxylamine groups is 1. The molecule has 1 aliphatic rings. The van der Waals surface area contributed by atoms with Crippen LogP contribution in [-0.2, 0) is 6.54 Å². The molecule has 0 amide bonds. The molecule has 1 aromatic rings. The number of ether oxygens (including phenoxy) is 1. The Morgan fingerprint density at radius 2 is 2.00 bits per heavy atom. The Morgan fingerprint density at radius 3 is 2.54 bits per heavy atom. The first-order valence-corrected chi connectivity index (χ1v) is 4.51. The molecule has 1 fully saturated rings. The van der Waals surface area contributed by atoms with Crippen LogP contribution < -0.4 is 10.2 Å². The van der Waals surface area contributed by atoms with E-state index in [1.807, 2.05) is 24.3 Å². The van der Waals surface area contributed by atoms with Gasteiger partial charge in [0.25, 0.3) is 0 Å². The van der Waals surface area contributed by atoms with Gasteiger partial charge in [0, 0.05) is 6.54 Å². The molecule has 0 atom stereocenters. The van der Waals surface area contributed by atoms with Crippen molar-refractivity contribution in [1.29, 1.82) is 0 Å². The van der Waals surface area contributed by atoms with Gasteiger partial charge in [0.2, 0.25) is 0 Å². The molecule has 1 saturated carbocycles. The predicted molar refractivity (Wildman–Crippen MR) is 48.7 cm³/mol. The summed E-state index contributed by atoms with van der Waals surface area (Å²) in [5.74, 6) is 0.921. The molecule has 3 heteroatoms. The average molecular weight is 179 g/mol. The predicted octanol–water partition coefficient (Wildman–Crippen LogP) is 1.71. The van der Waals surface area contributed by atoms with Gasteiger partial charge in [-0.05, 0) is 30.5 Å². The topological polar surface area (TPSA) is 41.5 Å². The van der Waals surface area contributed by atoms with Crippen LogP contribution >= 0.6 is 0 Å². The molecule has 0 aliphatic heterocycles. The Bertz CT molecular complexity index is 267. The van der Waals surface area contributed by atoms with E-state index in [-0.39, 0.29) is 0 Å². The van der Waals surface area contributed by atoms with Crippen LogP contribution in [0.2, 0.25) is 0 Å². The minimum absolute atomic E-state index is 0.446. The largest absolute Gasteiger partial charge is 0.490 e. The van der Waals surface area contributed by atoms with E-state index in [0.717, 1.165) is 11.3 Å². The summed E-state index contributed by atoms with van der Waals surface area (Å²) in [5, 5.41) is 8.46. The zero-order chi connectivity index (χ0) is 9.10. The summed E-state index contributed by atoms with van der Waals surface area (Å²) in [7, 11) is 0. The van der Waals surface area contributed by atoms with Gasteiger partial charge >= 0.3 is 0 Å². The Kier molecular flexibility index (Phi) is 2.47. The SMILES string of the molecule is ONCc1ccc(OC2CC2)cc1. The zero-order valence-electron chi connectivity index (χ0n) is 7.36. The van der Waals surface area contributed by atoms with E-state index in [9.17, 15) is 0 Å². The summed E-state index contributed by atoms with van der Waals surface area (Å²) in [6, 6.07) is 7.76. The summed E-state index contributed by atoms with van der Waals surface area (Å²) in [4.78, 5) is 0. The molecule has 0 bridgehead atoms. The number of hydrogen-bond acceptors (Lipinski definition) is 3. The van der Waals surface area contributed by atoms with E-state index in [4.69, 9.17) is 9.94 Å². The number of rotatable bonds is 4. The van der Waals surface area contributed by atoms with E-state index in [1.54, 1.807) is 0 Å². The van der Waals surface area contributed by atoms with Crippen molar-refractivity contribution in [3.05, 3.63) is 29.8 Å². The van der Waals surface area contributed by atoms with E-state index < -0.39 is 0 Å². The number of nitrogens with one attached hydrogen (secondary N) is 1. The highest BCUT2D eigenvalue weighted by molar-refractivity contribution is 5.27. The third kappa shape index (κ3) is 2.44. The van der Waals surface area contributed by atoms with Gasteiger partial charge in [0.1, 0.15) is 5.75 Å². The second kappa shape index (κ2) is 3.77. The van der Waals surface area contributed by atoms with Crippen molar-refractivity contribution in [1.82, 2.24) is 5.48 Å². The molecule has 0 heterocycles. The van der Waals surface area contributed by atoms with Crippen LogP contribution in [0.25, 0.3) is 0 Å². The first kappa shape index (κ1) is 8.53. The van der Waals surface area contributed by atoms with Crippen molar-refractivity contribution in [2.24, 2.45) is 0 Å². The molecule has 0 unspecified atom stereocenters. The fourth-order valence-corrected chi connectivity index (χ4v) is 1.16. The fraction of sp³-hybridized carbons (Fsp3) is 0.400. The Labute approximate surface area is 77.3 Å². The van der Waals surface area contributed by atoms with Crippen molar-refractivity contribution in [3.8, 4) is 5.75 Å². The van der Waals surface area contributed by atoms with Gasteiger partial charge < -0.3 is 9.94 Å². The quantitative estimate of drug-likeness (QED) is 0.691. The lowest BCUT2D eigenvalue weighted by atomic mass is 10.2. The molecule has 2 rings (SSSR count). The Hall–Kier alpha value is -1.06. The van der Waals surface area contributed by atoms with Crippen LogP contribution in [0.5, 0.6) is 5.75 Å². The lowest BCUT2D eigenvalue weighted by Crippen LogP contribution is -2.05. The van der Waals surface area contributed by atoms with Crippen LogP contribution in [0.4, 0.5) is 0 Å². The van der Waals surface area contributed by atoms with Crippen molar-refractivity contribution in [2.45, 2.75) is 25.5 Å². The Balaban J connectivity index is 1.95. The number of hydrogen-bond donors (Lipinski definition) is 2. The van der Waals surface area contributed by atoms with Gasteiger partial charge in [0.15, 0.2) is 0 Å². The summed E-state index contributed by atoms with van der Waals surface area (Å²) in [6.07, 6.45) is 2.81. The molecule has 3 nitrogen and oxygen atoms in total. The molecule has 0 saturated heterocycles. The maximum absolute atomic E-state index is 8.46. The molecule has 1 aromatic carbocycles. The molecular formula is C10H13NO2. The first-order chi connectivity index (χ1) is 6.38. The lowest BCUT2D eigenvalue weighted by molar-refractivity contribution is 0.161. The minimum atomic E-state index is 0.446. The number of benzene rings is 1. The smallest absolute Gasteiger partial charge is 0.119 e. The molecule has 70 valence electrons. The van der Waals surface area contributed by atoms with Crippen molar-refractivity contribution >= 4 is 0 Å². The van der Waals surface area contributed by atoms with Crippen LogP contribution in [0.15, 0.2) is 24.3 Å². The molecular weight excluding hydrogens is 166 g/mol. The van der Waals surface area contributed by atoms with Crippen molar-refractivity contribution < 1.29 is 9.94 Å². The molecule has 1 aliphatic carbocycles. The fourth-order valence-electron chi connectivity index (χ4n) is 1.16. The Morgan fingerprint density at radius 1 is 1.31 bits per heavy atom. The third-order valence-electron chi connectivity index (χ3n) is 2.03. The van der Waals surface area contributed by atoms with E-state index in [0.29, 0.717) is 12.6 Å². The van der Waals surface area contributed by atoms with Crippen LogP contribution in [0.1, 0.15) is 18.4 Å². The second-order valence-corrected chi connectivity index (χ2v) is 3.30. The van der Waals surface area contributed by atoms with Gasteiger partial charge in [-0.2, -0.15) is 0 Å². The van der Waals surface area contributed by atoms with Crippen LogP contribution in [0, 0.1) is 0 Å². The highest BCUT2D eigenvalue weighted by atomic mass is 16.5. The summed E-state index contributed by atoms with van der Waals surface area (Å²) < 4.78 is 5.58. The normalized spacial score (nSPS) is 15.8. The van der Waals surface area contributed by atoms with Crippen molar-refractivity contribution in [3.63, 3.8) is 0 Å². The lowest BCUT2D eigenvalue weighted by Gasteiger charge is -2.04. The molecule has 2 N–H and O–H groups in total. The maximum atomic E-state index is 8.46. The van der Waals surface area contributed by atoms with Gasteiger partial charge in [-0.1, -0.05) is 12.1 Å². The molecule has 0 spiro atoms. The van der Waals surface area contributed by atoms with Crippen LogP contribution in [-0.4, -0.2) is 11.3 Å². The highest BCUT2D eigenvalue weighted by Crippen LogP contribution is 2.26. The molecule has 0 radical (unpaired) electrons. The summed E-state index contributed by atoms with van der Waals surface area (Å²) in [6.45, 7) is 0.476. The minimum Gasteiger partial charge on any atom is -0.490 e. The molecule has 0 aromatic heterocycles. The highest BCUT2D eigenvalue weighted by Gasteiger charge is 2.23. The standard InChI is InChI=1S/C10H13NO2/c12-11-7-8-1-3-9(4-2-8)13-10-5-6-10/h1-4,10-12H,5-7H2. The van der Waals surface area contributed by atoms with Gasteiger partial charge in [0.05, 0.1) is 6.10 Å². The summed E-state index contributed by atoms with van der Waals surface area (Å²) in [5.41, 5.74) is 3.16. The zero-order valence-corrected chi connectivity index (χ0v) is 7.36. The monoisotopic (exact) mass is 179 g/mol. The average Bonchev–Trinajstić information content (AvgIpc) is 2.93. The van der Waals surface area contributed by atoms with Gasteiger partial charge in [-0.25, -0.2) is 5.48 Å². The molecule has 13 heavy (non-hydrogen) atoms. The van der Waals surface area contributed by atoms with E-state index in [2.05, 4.69) is 5.48 Å².